The Morgan fingerprint density at radius 2 is 0.885 bits per heavy atom. The van der Waals surface area contributed by atoms with Gasteiger partial charge in [-0.1, -0.05) is 6.07 Å². The number of anilines is 5. The third-order valence-electron chi connectivity index (χ3n) is 7.40. The molecule has 18 heteroatoms. The van der Waals surface area contributed by atoms with Gasteiger partial charge in [-0.15, -0.1) is 20.5 Å². The minimum Gasteiger partial charge on any atom is -0.505 e. The molecule has 6 aromatic carbocycles. The zero-order valence-electron chi connectivity index (χ0n) is 26.9. The highest BCUT2D eigenvalue weighted by Gasteiger charge is 2.24. The summed E-state index contributed by atoms with van der Waals surface area (Å²) in [6, 6.07) is 26.7. The van der Waals surface area contributed by atoms with Crippen LogP contribution in [0, 0.1) is 0 Å². The Morgan fingerprint density at radius 1 is 0.481 bits per heavy atom. The van der Waals surface area contributed by atoms with Crippen LogP contribution in [0.4, 0.5) is 73.9 Å². The maximum absolute atomic E-state index is 12.3. The van der Waals surface area contributed by atoms with Crippen LogP contribution in [0.25, 0.3) is 10.8 Å². The Bertz CT molecular complexity index is 2560. The zero-order chi connectivity index (χ0) is 37.0. The molecule has 0 amide bonds. The molecule has 52 heavy (non-hydrogen) atoms. The lowest BCUT2D eigenvalue weighted by Crippen LogP contribution is -2.00. The number of fused-ring (bicyclic) bond motifs is 1. The fourth-order valence-electron chi connectivity index (χ4n) is 4.78. The first-order valence-corrected chi connectivity index (χ1v) is 16.5. The van der Waals surface area contributed by atoms with Crippen LogP contribution in [0.5, 0.6) is 5.75 Å². The lowest BCUT2D eigenvalue weighted by molar-refractivity contribution is 0.472. The number of aromatic hydroxyl groups is 1. The van der Waals surface area contributed by atoms with Crippen molar-refractivity contribution in [3.8, 4) is 5.75 Å². The topological polar surface area (TPSA) is 304 Å². The minimum absolute atomic E-state index is 0.0215. The molecule has 0 aliphatic carbocycles. The van der Waals surface area contributed by atoms with E-state index in [0.29, 0.717) is 51.2 Å². The molecule has 0 atom stereocenters. The van der Waals surface area contributed by atoms with Gasteiger partial charge in [0.2, 0.25) is 0 Å². The molecular weight excluding hydrogens is 687 g/mol. The highest BCUT2D eigenvalue weighted by Crippen LogP contribution is 2.46. The molecule has 0 heterocycles. The molecule has 17 nitrogen and oxygen atoms in total. The molecule has 0 bridgehead atoms. The second-order valence-electron chi connectivity index (χ2n) is 11.1. The highest BCUT2D eigenvalue weighted by atomic mass is 32.2. The molecule has 0 saturated carbocycles. The number of hydrogen-bond acceptors (Lipinski definition) is 16. The number of nitrogens with two attached hydrogens (primary N) is 5. The van der Waals surface area contributed by atoms with Gasteiger partial charge in [-0.3, -0.25) is 4.55 Å². The fraction of sp³-hybridized carbons (Fsp3) is 0. The number of phenols is 1. The summed E-state index contributed by atoms with van der Waals surface area (Å²) in [7, 11) is -4.86. The molecule has 0 unspecified atom stereocenters. The van der Waals surface area contributed by atoms with E-state index in [1.807, 2.05) is 0 Å². The van der Waals surface area contributed by atoms with Crippen LogP contribution >= 0.6 is 0 Å². The summed E-state index contributed by atoms with van der Waals surface area (Å²) in [6.45, 7) is 0. The van der Waals surface area contributed by atoms with E-state index >= 15 is 0 Å². The van der Waals surface area contributed by atoms with Gasteiger partial charge in [0.15, 0.2) is 5.75 Å². The maximum atomic E-state index is 12.3. The SMILES string of the molecule is Nc1ccc(/N=N/c2ccc(/N=N/c3ccc4cc(S(=O)(=O)O)c(/N=N/c5ccc(/N=N/c6ccc(N)cc6N)cc5)c(O)c4c3N)cc2)c(N)c1. The van der Waals surface area contributed by atoms with Crippen LogP contribution in [0.3, 0.4) is 0 Å². The maximum Gasteiger partial charge on any atom is 0.296 e. The van der Waals surface area contributed by atoms with Gasteiger partial charge >= 0.3 is 0 Å². The predicted octanol–water partition coefficient (Wildman–Crippen LogP) is 9.36. The van der Waals surface area contributed by atoms with Crippen molar-refractivity contribution in [1.29, 1.82) is 0 Å². The smallest absolute Gasteiger partial charge is 0.296 e. The molecule has 0 saturated heterocycles. The lowest BCUT2D eigenvalue weighted by atomic mass is 10.1. The average molecular weight is 716 g/mol. The van der Waals surface area contributed by atoms with Crippen molar-refractivity contribution in [3.63, 3.8) is 0 Å². The molecule has 0 spiro atoms. The van der Waals surface area contributed by atoms with Crippen molar-refractivity contribution in [2.75, 3.05) is 28.7 Å². The number of azo groups is 4. The summed E-state index contributed by atoms with van der Waals surface area (Å²) in [6.07, 6.45) is 0. The summed E-state index contributed by atoms with van der Waals surface area (Å²) in [5.41, 5.74) is 33.6. The van der Waals surface area contributed by atoms with Crippen molar-refractivity contribution < 1.29 is 18.1 Å². The summed E-state index contributed by atoms with van der Waals surface area (Å²) in [4.78, 5) is -0.683. The Labute approximate surface area is 295 Å². The quantitative estimate of drug-likeness (QED) is 0.0425. The van der Waals surface area contributed by atoms with E-state index in [1.54, 1.807) is 72.8 Å². The van der Waals surface area contributed by atoms with Crippen LogP contribution < -0.4 is 28.7 Å². The van der Waals surface area contributed by atoms with Gasteiger partial charge in [0.05, 0.1) is 45.2 Å². The van der Waals surface area contributed by atoms with Crippen molar-refractivity contribution in [2.45, 2.75) is 4.90 Å². The van der Waals surface area contributed by atoms with Crippen LogP contribution in [0.15, 0.2) is 149 Å². The van der Waals surface area contributed by atoms with Crippen LogP contribution in [-0.2, 0) is 10.1 Å². The Morgan fingerprint density at radius 3 is 1.31 bits per heavy atom. The standard InChI is InChI=1S/C34H29N13O4S/c35-19-2-13-27(25(37)16-19)44-40-21-4-6-23(7-5-21)42-46-29-12-1-18-15-30(52(49,50)51)33(34(48)31(18)32(29)39)47-43-24-10-8-22(9-11-24)41-45-28-14-3-20(36)17-26(28)38/h1-17,48H,35-39H2,(H,49,50,51)/b44-40+,45-41+,46-42+,47-43+. The number of hydrogen-bond donors (Lipinski definition) is 7. The summed E-state index contributed by atoms with van der Waals surface area (Å²) in [5, 5.41) is 44.5. The molecule has 0 aliphatic rings. The number of phenolic OH excluding ortho intramolecular Hbond substituents is 1. The van der Waals surface area contributed by atoms with E-state index in [4.69, 9.17) is 28.7 Å². The third kappa shape index (κ3) is 7.77. The number of nitrogen functional groups attached to an aromatic ring is 5. The average Bonchev–Trinajstić information content (AvgIpc) is 3.10. The third-order valence-corrected chi connectivity index (χ3v) is 8.27. The molecule has 0 aromatic heterocycles. The molecule has 0 radical (unpaired) electrons. The molecule has 6 rings (SSSR count). The van der Waals surface area contributed by atoms with E-state index in [-0.39, 0.29) is 27.8 Å². The second-order valence-corrected chi connectivity index (χ2v) is 12.5. The van der Waals surface area contributed by atoms with Crippen molar-refractivity contribution in [2.24, 2.45) is 40.9 Å². The first kappa shape index (κ1) is 34.5. The Kier molecular flexibility index (Phi) is 9.48. The lowest BCUT2D eigenvalue weighted by Gasteiger charge is -2.11. The summed E-state index contributed by atoms with van der Waals surface area (Å²) in [5.74, 6) is -0.647. The molecule has 12 N–H and O–H groups in total. The normalized spacial score (nSPS) is 12.2. The zero-order valence-corrected chi connectivity index (χ0v) is 27.7. The number of nitrogens with zero attached hydrogens (tertiary/aromatic N) is 8. The van der Waals surface area contributed by atoms with Crippen LogP contribution in [0.1, 0.15) is 0 Å². The Hall–Kier alpha value is -7.31. The molecule has 6 aromatic rings. The van der Waals surface area contributed by atoms with E-state index in [1.165, 1.54) is 24.3 Å². The van der Waals surface area contributed by atoms with Crippen LogP contribution in [-0.4, -0.2) is 18.1 Å². The van der Waals surface area contributed by atoms with Gasteiger partial charge in [-0.2, -0.15) is 28.9 Å². The van der Waals surface area contributed by atoms with E-state index in [9.17, 15) is 18.1 Å². The fourth-order valence-corrected chi connectivity index (χ4v) is 5.44. The largest absolute Gasteiger partial charge is 0.505 e. The molecule has 0 aliphatic heterocycles. The minimum atomic E-state index is -4.86. The van der Waals surface area contributed by atoms with Gasteiger partial charge in [-0.25, -0.2) is 0 Å². The first-order valence-electron chi connectivity index (χ1n) is 15.1. The van der Waals surface area contributed by atoms with Crippen molar-refractivity contribution in [1.82, 2.24) is 0 Å². The van der Waals surface area contributed by atoms with E-state index < -0.39 is 26.5 Å². The summed E-state index contributed by atoms with van der Waals surface area (Å²) >= 11 is 0. The van der Waals surface area contributed by atoms with Gasteiger partial charge < -0.3 is 33.8 Å². The monoisotopic (exact) mass is 715 g/mol. The van der Waals surface area contributed by atoms with Gasteiger partial charge in [-0.05, 0) is 102 Å². The van der Waals surface area contributed by atoms with E-state index in [0.717, 1.165) is 6.07 Å². The summed E-state index contributed by atoms with van der Waals surface area (Å²) < 4.78 is 34.6. The van der Waals surface area contributed by atoms with Gasteiger partial charge in [0, 0.05) is 11.4 Å². The van der Waals surface area contributed by atoms with Crippen molar-refractivity contribution in [3.05, 3.63) is 103 Å². The van der Waals surface area contributed by atoms with Gasteiger partial charge in [0.25, 0.3) is 10.1 Å². The predicted molar refractivity (Wildman–Crippen MR) is 200 cm³/mol. The second kappa shape index (κ2) is 14.3. The number of rotatable bonds is 9. The number of benzene rings is 6. The van der Waals surface area contributed by atoms with Gasteiger partial charge in [0.1, 0.15) is 27.6 Å². The highest BCUT2D eigenvalue weighted by molar-refractivity contribution is 7.86. The first-order chi connectivity index (χ1) is 24.9. The van der Waals surface area contributed by atoms with Crippen LogP contribution in [0.2, 0.25) is 0 Å². The Balaban J connectivity index is 1.25. The molecular formula is C34H29N13O4S. The molecule has 0 fully saturated rings. The molecule has 260 valence electrons. The van der Waals surface area contributed by atoms with Crippen molar-refractivity contribution >= 4 is 94.8 Å². The van der Waals surface area contributed by atoms with E-state index in [2.05, 4.69) is 40.9 Å².